The maximum absolute atomic E-state index is 2.39. The summed E-state index contributed by atoms with van der Waals surface area (Å²) in [6.07, 6.45) is 0. The smallest absolute Gasteiger partial charge is 0.00206 e. The lowest BCUT2D eigenvalue weighted by molar-refractivity contribution is 1.65. The molecule has 0 N–H and O–H groups in total. The van der Waals surface area contributed by atoms with Gasteiger partial charge in [-0.05, 0) is 117 Å². The molecule has 0 aliphatic carbocycles. The molecule has 0 spiro atoms. The highest BCUT2D eigenvalue weighted by Crippen LogP contribution is 2.43. The first-order valence-electron chi connectivity index (χ1n) is 13.9. The molecule has 0 heterocycles. The summed E-state index contributed by atoms with van der Waals surface area (Å²) in [7, 11) is 0. The highest BCUT2D eigenvalue weighted by atomic mass is 14.2. The van der Waals surface area contributed by atoms with Crippen LogP contribution >= 0.6 is 0 Å². The van der Waals surface area contributed by atoms with Crippen LogP contribution in [0, 0.1) is 0 Å². The highest BCUT2D eigenvalue weighted by Gasteiger charge is 2.16. The van der Waals surface area contributed by atoms with Gasteiger partial charge in [-0.2, -0.15) is 0 Å². The summed E-state index contributed by atoms with van der Waals surface area (Å²) < 4.78 is 0. The van der Waals surface area contributed by atoms with Crippen molar-refractivity contribution >= 4 is 64.6 Å². The summed E-state index contributed by atoms with van der Waals surface area (Å²) >= 11 is 0. The van der Waals surface area contributed by atoms with Gasteiger partial charge in [0.05, 0.1) is 0 Å². The maximum Gasteiger partial charge on any atom is -0.00206 e. The van der Waals surface area contributed by atoms with Crippen molar-refractivity contribution < 1.29 is 0 Å². The summed E-state index contributed by atoms with van der Waals surface area (Å²) in [6, 6.07) is 54.1. The molecule has 9 aromatic carbocycles. The van der Waals surface area contributed by atoms with Gasteiger partial charge in [-0.3, -0.25) is 0 Å². The van der Waals surface area contributed by atoms with E-state index in [4.69, 9.17) is 0 Å². The molecule has 0 saturated carbocycles. The minimum absolute atomic E-state index is 1.24. The predicted octanol–water partition coefficient (Wildman–Crippen LogP) is 11.4. The minimum Gasteiger partial charge on any atom is -0.0616 e. The predicted molar refractivity (Wildman–Crippen MR) is 174 cm³/mol. The Morgan fingerprint density at radius 3 is 1.48 bits per heavy atom. The Kier molecular flexibility index (Phi) is 4.42. The Balaban J connectivity index is 1.36. The Bertz CT molecular complexity index is 2410. The van der Waals surface area contributed by atoms with Crippen LogP contribution in [0.4, 0.5) is 0 Å². The van der Waals surface area contributed by atoms with E-state index in [-0.39, 0.29) is 0 Å². The van der Waals surface area contributed by atoms with Gasteiger partial charge in [0.2, 0.25) is 0 Å². The summed E-state index contributed by atoms with van der Waals surface area (Å²) in [6.45, 7) is 0. The van der Waals surface area contributed by atoms with Crippen LogP contribution in [0.1, 0.15) is 0 Å². The lowest BCUT2D eigenvalue weighted by atomic mass is 9.86. The molecule has 0 aliphatic rings. The molecule has 0 aromatic heterocycles. The monoisotopic (exact) mass is 504 g/mol. The van der Waals surface area contributed by atoms with Crippen LogP contribution in [0.3, 0.4) is 0 Å². The minimum atomic E-state index is 1.24. The third-order valence-electron chi connectivity index (χ3n) is 8.72. The number of hydrogen-bond acceptors (Lipinski definition) is 0. The van der Waals surface area contributed by atoms with E-state index < -0.39 is 0 Å². The zero-order valence-corrected chi connectivity index (χ0v) is 21.9. The van der Waals surface area contributed by atoms with Gasteiger partial charge >= 0.3 is 0 Å². The fraction of sp³-hybridized carbons (Fsp3) is 0. The van der Waals surface area contributed by atoms with E-state index >= 15 is 0 Å². The highest BCUT2D eigenvalue weighted by molar-refractivity contribution is 6.26. The quantitative estimate of drug-likeness (QED) is 0.162. The first-order chi connectivity index (χ1) is 19.8. The van der Waals surface area contributed by atoms with Crippen molar-refractivity contribution in [2.45, 2.75) is 0 Å². The first kappa shape index (κ1) is 21.7. The van der Waals surface area contributed by atoms with E-state index in [1.807, 2.05) is 0 Å². The Labute approximate surface area is 232 Å². The average molecular weight is 505 g/mol. The second-order valence-corrected chi connectivity index (χ2v) is 11.0. The van der Waals surface area contributed by atoms with Crippen molar-refractivity contribution in [3.05, 3.63) is 146 Å². The van der Waals surface area contributed by atoms with Crippen LogP contribution in [0.25, 0.3) is 86.9 Å². The van der Waals surface area contributed by atoms with E-state index in [0.29, 0.717) is 0 Å². The lowest BCUT2D eigenvalue weighted by Crippen LogP contribution is -1.91. The Morgan fingerprint density at radius 2 is 0.750 bits per heavy atom. The van der Waals surface area contributed by atoms with E-state index in [1.54, 1.807) is 0 Å². The molecule has 0 amide bonds. The third-order valence-corrected chi connectivity index (χ3v) is 8.72. The third kappa shape index (κ3) is 3.14. The maximum atomic E-state index is 2.39. The van der Waals surface area contributed by atoms with E-state index in [1.165, 1.54) is 86.9 Å². The molecule has 0 atom stereocenters. The summed E-state index contributed by atoms with van der Waals surface area (Å²) in [5.74, 6) is 0. The first-order valence-corrected chi connectivity index (χ1v) is 13.9. The van der Waals surface area contributed by atoms with Gasteiger partial charge in [-0.25, -0.2) is 0 Å². The molecule has 184 valence electrons. The largest absolute Gasteiger partial charge is 0.0616 e. The molecule has 9 rings (SSSR count). The molecule has 40 heavy (non-hydrogen) atoms. The van der Waals surface area contributed by atoms with E-state index in [0.717, 1.165) is 0 Å². The lowest BCUT2D eigenvalue weighted by Gasteiger charge is -2.18. The molecule has 0 aliphatic heterocycles. The van der Waals surface area contributed by atoms with E-state index in [9.17, 15) is 0 Å². The second-order valence-electron chi connectivity index (χ2n) is 11.0. The summed E-state index contributed by atoms with van der Waals surface area (Å²) in [5, 5.41) is 15.5. The fourth-order valence-corrected chi connectivity index (χ4v) is 6.78. The van der Waals surface area contributed by atoms with Crippen LogP contribution in [0.2, 0.25) is 0 Å². The van der Waals surface area contributed by atoms with Gasteiger partial charge in [-0.15, -0.1) is 0 Å². The topological polar surface area (TPSA) is 0 Å². The number of benzene rings is 9. The van der Waals surface area contributed by atoms with Crippen LogP contribution in [0.15, 0.2) is 146 Å². The van der Waals surface area contributed by atoms with Crippen LogP contribution in [0.5, 0.6) is 0 Å². The summed E-state index contributed by atoms with van der Waals surface area (Å²) in [5.41, 5.74) is 5.07. The van der Waals surface area contributed by atoms with Gasteiger partial charge in [0.1, 0.15) is 0 Å². The van der Waals surface area contributed by atoms with Crippen LogP contribution in [-0.4, -0.2) is 0 Å². The standard InChI is InChI=1S/C40H24/c1-2-7-29-21-34-22-33(15-14-32(34)20-28(29)6-1)37-23-30-8-3-4-9-31(30)24-38(37)35-18-16-27-13-12-25-10-5-11-26-17-19-36(35)40(27)39(25)26/h1-24H. The van der Waals surface area contributed by atoms with E-state index in [2.05, 4.69) is 146 Å². The molecular formula is C40H24. The van der Waals surface area contributed by atoms with Gasteiger partial charge in [0.25, 0.3) is 0 Å². The Morgan fingerprint density at radius 1 is 0.250 bits per heavy atom. The molecule has 9 aromatic rings. The molecule has 0 radical (unpaired) electrons. The molecule has 0 bridgehead atoms. The SMILES string of the molecule is c1ccc2cc(-c3ccc4ccc5cccc6ccc3c4c56)c(-c3ccc4cc5ccccc5cc4c3)cc2c1. The molecule has 0 unspecified atom stereocenters. The Hall–Kier alpha value is -5.20. The van der Waals surface area contributed by atoms with Crippen LogP contribution < -0.4 is 0 Å². The molecule has 0 nitrogen and oxygen atoms in total. The van der Waals surface area contributed by atoms with Crippen molar-refractivity contribution in [2.24, 2.45) is 0 Å². The fourth-order valence-electron chi connectivity index (χ4n) is 6.78. The number of fused-ring (bicyclic) bond motifs is 3. The second kappa shape index (κ2) is 8.15. The normalized spacial score (nSPS) is 12.0. The number of hydrogen-bond donors (Lipinski definition) is 0. The van der Waals surface area contributed by atoms with Crippen LogP contribution in [-0.2, 0) is 0 Å². The van der Waals surface area contributed by atoms with Crippen molar-refractivity contribution in [3.8, 4) is 22.3 Å². The molecular weight excluding hydrogens is 480 g/mol. The van der Waals surface area contributed by atoms with Crippen molar-refractivity contribution in [2.75, 3.05) is 0 Å². The molecule has 0 fully saturated rings. The zero-order valence-electron chi connectivity index (χ0n) is 21.9. The van der Waals surface area contributed by atoms with Gasteiger partial charge in [0.15, 0.2) is 0 Å². The molecule has 0 saturated heterocycles. The number of rotatable bonds is 2. The van der Waals surface area contributed by atoms with Gasteiger partial charge in [0, 0.05) is 0 Å². The summed E-state index contributed by atoms with van der Waals surface area (Å²) in [4.78, 5) is 0. The van der Waals surface area contributed by atoms with Gasteiger partial charge in [-0.1, -0.05) is 115 Å². The van der Waals surface area contributed by atoms with Crippen molar-refractivity contribution in [1.82, 2.24) is 0 Å². The van der Waals surface area contributed by atoms with Crippen molar-refractivity contribution in [1.29, 1.82) is 0 Å². The van der Waals surface area contributed by atoms with Gasteiger partial charge < -0.3 is 0 Å². The average Bonchev–Trinajstić information content (AvgIpc) is 3.01. The van der Waals surface area contributed by atoms with Crippen molar-refractivity contribution in [3.63, 3.8) is 0 Å². The zero-order chi connectivity index (χ0) is 26.2. The molecule has 0 heteroatoms.